The Morgan fingerprint density at radius 2 is 2.23 bits per heavy atom. The predicted molar refractivity (Wildman–Crippen MR) is 102 cm³/mol. The monoisotopic (exact) mass is 353 g/mol. The first kappa shape index (κ1) is 17.9. The third-order valence-electron chi connectivity index (χ3n) is 4.15. The topological polar surface area (TPSA) is 81.3 Å². The summed E-state index contributed by atoms with van der Waals surface area (Å²) in [6, 6.07) is 7.51. The maximum Gasteiger partial charge on any atom is 0.271 e. The molecule has 0 unspecified atom stereocenters. The van der Waals surface area contributed by atoms with E-state index >= 15 is 0 Å². The Labute approximate surface area is 152 Å². The Balaban J connectivity index is 1.59. The molecular formula is C19H23N5O2. The Bertz CT molecular complexity index is 839. The summed E-state index contributed by atoms with van der Waals surface area (Å²) >= 11 is 0. The highest BCUT2D eigenvalue weighted by molar-refractivity contribution is 5.88. The number of hydrogen-bond acceptors (Lipinski definition) is 5. The molecule has 1 fully saturated rings. The number of hydrogen-bond donors (Lipinski definition) is 2. The van der Waals surface area contributed by atoms with Gasteiger partial charge >= 0.3 is 0 Å². The molecule has 136 valence electrons. The molecule has 2 aromatic heterocycles. The molecule has 0 radical (unpaired) electrons. The molecule has 0 atom stereocenters. The zero-order valence-corrected chi connectivity index (χ0v) is 15.0. The highest BCUT2D eigenvalue weighted by Crippen LogP contribution is 2.19. The van der Waals surface area contributed by atoms with Crippen molar-refractivity contribution in [2.24, 2.45) is 0 Å². The first-order chi connectivity index (χ1) is 12.5. The summed E-state index contributed by atoms with van der Waals surface area (Å²) in [6.45, 7) is 1.90. The van der Waals surface area contributed by atoms with Gasteiger partial charge in [-0.25, -0.2) is 0 Å². The molecule has 7 nitrogen and oxygen atoms in total. The van der Waals surface area contributed by atoms with E-state index in [1.165, 1.54) is 0 Å². The lowest BCUT2D eigenvalue weighted by atomic mass is 10.1. The van der Waals surface area contributed by atoms with E-state index in [1.54, 1.807) is 29.4 Å². The summed E-state index contributed by atoms with van der Waals surface area (Å²) in [5, 5.41) is 3.22. The van der Waals surface area contributed by atoms with Crippen LogP contribution in [0, 0.1) is 0 Å². The van der Waals surface area contributed by atoms with E-state index in [1.807, 2.05) is 43.3 Å². The van der Waals surface area contributed by atoms with Crippen molar-refractivity contribution in [2.75, 3.05) is 39.0 Å². The standard InChI is InChI=1S/C19H23N5O2/c1-23(2)9-5-7-18(25)24-12-15(13-24)22-17-10-14(11-21-19(17)26)16-6-3-4-8-20-16/h3-8,10-11,15,22H,9,12-13H2,1-2H3,(H,21,26). The molecule has 0 aromatic carbocycles. The number of aromatic amines is 1. The van der Waals surface area contributed by atoms with Crippen LogP contribution >= 0.6 is 0 Å². The summed E-state index contributed by atoms with van der Waals surface area (Å²) < 4.78 is 0. The van der Waals surface area contributed by atoms with Crippen molar-refractivity contribution in [3.8, 4) is 11.3 Å². The van der Waals surface area contributed by atoms with Crippen molar-refractivity contribution in [1.29, 1.82) is 0 Å². The molecule has 0 aliphatic carbocycles. The van der Waals surface area contributed by atoms with E-state index in [0.717, 1.165) is 17.8 Å². The summed E-state index contributed by atoms with van der Waals surface area (Å²) in [5.41, 5.74) is 1.95. The Kier molecular flexibility index (Phi) is 5.48. The van der Waals surface area contributed by atoms with Crippen LogP contribution in [0.2, 0.25) is 0 Å². The number of nitrogens with one attached hydrogen (secondary N) is 2. The minimum atomic E-state index is -0.180. The lowest BCUT2D eigenvalue weighted by Gasteiger charge is -2.39. The van der Waals surface area contributed by atoms with Gasteiger partial charge in [-0.3, -0.25) is 14.6 Å². The van der Waals surface area contributed by atoms with Crippen LogP contribution in [0.5, 0.6) is 0 Å². The van der Waals surface area contributed by atoms with Gasteiger partial charge in [0, 0.05) is 43.7 Å². The molecule has 3 heterocycles. The van der Waals surface area contributed by atoms with Crippen molar-refractivity contribution in [2.45, 2.75) is 6.04 Å². The Morgan fingerprint density at radius 1 is 1.42 bits per heavy atom. The third-order valence-corrected chi connectivity index (χ3v) is 4.15. The van der Waals surface area contributed by atoms with Crippen LogP contribution in [0.4, 0.5) is 5.69 Å². The van der Waals surface area contributed by atoms with Crippen molar-refractivity contribution < 1.29 is 4.79 Å². The Morgan fingerprint density at radius 3 is 2.92 bits per heavy atom. The minimum Gasteiger partial charge on any atom is -0.374 e. The number of rotatable bonds is 6. The van der Waals surface area contributed by atoms with Gasteiger partial charge in [-0.15, -0.1) is 0 Å². The summed E-state index contributed by atoms with van der Waals surface area (Å²) in [4.78, 5) is 34.9. The SMILES string of the molecule is CN(C)CC=CC(=O)N1CC(Nc2cc(-c3ccccn3)c[nH]c2=O)C1. The number of likely N-dealkylation sites (N-methyl/N-ethyl adjacent to an activating group) is 1. The summed E-state index contributed by atoms with van der Waals surface area (Å²) in [7, 11) is 3.91. The summed E-state index contributed by atoms with van der Waals surface area (Å²) in [6.07, 6.45) is 6.82. The molecule has 1 saturated heterocycles. The van der Waals surface area contributed by atoms with E-state index in [4.69, 9.17) is 0 Å². The number of amides is 1. The molecule has 0 spiro atoms. The number of anilines is 1. The van der Waals surface area contributed by atoms with Gasteiger partial charge in [0.25, 0.3) is 5.56 Å². The molecule has 1 aliphatic heterocycles. The molecule has 26 heavy (non-hydrogen) atoms. The lowest BCUT2D eigenvalue weighted by Crippen LogP contribution is -2.57. The average Bonchev–Trinajstić information content (AvgIpc) is 2.59. The van der Waals surface area contributed by atoms with E-state index in [2.05, 4.69) is 15.3 Å². The zero-order chi connectivity index (χ0) is 18.5. The van der Waals surface area contributed by atoms with Crippen LogP contribution in [0.1, 0.15) is 0 Å². The van der Waals surface area contributed by atoms with Crippen molar-refractivity contribution in [3.05, 3.63) is 59.2 Å². The average molecular weight is 353 g/mol. The second-order valence-corrected chi connectivity index (χ2v) is 6.60. The minimum absolute atomic E-state index is 0.000968. The number of likely N-dealkylation sites (tertiary alicyclic amines) is 1. The largest absolute Gasteiger partial charge is 0.374 e. The number of H-pyrrole nitrogens is 1. The maximum absolute atomic E-state index is 12.1. The summed E-state index contributed by atoms with van der Waals surface area (Å²) in [5.74, 6) is 0.000968. The van der Waals surface area contributed by atoms with E-state index in [9.17, 15) is 9.59 Å². The molecule has 0 saturated carbocycles. The maximum atomic E-state index is 12.1. The molecule has 3 rings (SSSR count). The normalized spacial score (nSPS) is 14.7. The van der Waals surface area contributed by atoms with E-state index in [0.29, 0.717) is 18.8 Å². The van der Waals surface area contributed by atoms with Crippen molar-refractivity contribution in [3.63, 3.8) is 0 Å². The van der Waals surface area contributed by atoms with Gasteiger partial charge in [0.2, 0.25) is 5.91 Å². The molecule has 1 aliphatic rings. The Hall–Kier alpha value is -2.93. The molecule has 0 bridgehead atoms. The smallest absolute Gasteiger partial charge is 0.271 e. The van der Waals surface area contributed by atoms with E-state index < -0.39 is 0 Å². The van der Waals surface area contributed by atoms with Crippen molar-refractivity contribution >= 4 is 11.6 Å². The van der Waals surface area contributed by atoms with Crippen LogP contribution in [0.25, 0.3) is 11.3 Å². The van der Waals surface area contributed by atoms with Gasteiger partial charge in [0.1, 0.15) is 5.69 Å². The first-order valence-electron chi connectivity index (χ1n) is 8.54. The van der Waals surface area contributed by atoms with Gasteiger partial charge in [-0.05, 0) is 32.3 Å². The first-order valence-corrected chi connectivity index (χ1v) is 8.54. The predicted octanol–water partition coefficient (Wildman–Crippen LogP) is 1.18. The molecule has 7 heteroatoms. The van der Waals surface area contributed by atoms with Gasteiger partial charge in [-0.1, -0.05) is 12.1 Å². The number of nitrogens with zero attached hydrogens (tertiary/aromatic N) is 3. The number of pyridine rings is 2. The molecule has 2 N–H and O–H groups in total. The number of aromatic nitrogens is 2. The van der Waals surface area contributed by atoms with Gasteiger partial charge in [0.15, 0.2) is 0 Å². The van der Waals surface area contributed by atoms with Crippen LogP contribution in [0.3, 0.4) is 0 Å². The molecule has 2 aromatic rings. The highest BCUT2D eigenvalue weighted by atomic mass is 16.2. The fourth-order valence-corrected chi connectivity index (χ4v) is 2.71. The van der Waals surface area contributed by atoms with E-state index in [-0.39, 0.29) is 17.5 Å². The lowest BCUT2D eigenvalue weighted by molar-refractivity contribution is -0.129. The number of carbonyl (C=O) groups excluding carboxylic acids is 1. The second kappa shape index (κ2) is 7.97. The fraction of sp³-hybridized carbons (Fsp3) is 0.316. The van der Waals surface area contributed by atoms with Crippen LogP contribution < -0.4 is 10.9 Å². The van der Waals surface area contributed by atoms with Gasteiger partial charge < -0.3 is 20.1 Å². The molecular weight excluding hydrogens is 330 g/mol. The number of carbonyl (C=O) groups is 1. The zero-order valence-electron chi connectivity index (χ0n) is 15.0. The second-order valence-electron chi connectivity index (χ2n) is 6.60. The van der Waals surface area contributed by atoms with Crippen molar-refractivity contribution in [1.82, 2.24) is 19.8 Å². The third kappa shape index (κ3) is 4.37. The quantitative estimate of drug-likeness (QED) is 0.762. The fourth-order valence-electron chi connectivity index (χ4n) is 2.71. The van der Waals surface area contributed by atoms with Crippen LogP contribution in [-0.2, 0) is 4.79 Å². The highest BCUT2D eigenvalue weighted by Gasteiger charge is 2.29. The molecule has 1 amide bonds. The van der Waals surface area contributed by atoms with Crippen LogP contribution in [-0.4, -0.2) is 65.4 Å². The van der Waals surface area contributed by atoms with Gasteiger partial charge in [-0.2, -0.15) is 0 Å². The van der Waals surface area contributed by atoms with Crippen LogP contribution in [0.15, 0.2) is 53.6 Å². The van der Waals surface area contributed by atoms with Gasteiger partial charge in [0.05, 0.1) is 11.7 Å².